The van der Waals surface area contributed by atoms with E-state index in [1.807, 2.05) is 13.8 Å². The fourth-order valence-electron chi connectivity index (χ4n) is 13.0. The van der Waals surface area contributed by atoms with E-state index in [0.717, 1.165) is 50.5 Å². The van der Waals surface area contributed by atoms with Gasteiger partial charge in [-0.2, -0.15) is 0 Å². The van der Waals surface area contributed by atoms with E-state index in [4.69, 9.17) is 14.2 Å². The van der Waals surface area contributed by atoms with Crippen molar-refractivity contribution in [2.75, 3.05) is 0 Å². The van der Waals surface area contributed by atoms with Gasteiger partial charge >= 0.3 is 5.97 Å². The lowest BCUT2D eigenvalue weighted by Gasteiger charge is -2.68. The van der Waals surface area contributed by atoms with E-state index < -0.39 is 6.29 Å². The number of carbonyl (C=O) groups is 1. The lowest BCUT2D eigenvalue weighted by Crippen LogP contribution is -2.66. The first-order valence-corrected chi connectivity index (χ1v) is 16.6. The Labute approximate surface area is 247 Å². The highest BCUT2D eigenvalue weighted by Gasteiger charge is 2.86. The zero-order valence-corrected chi connectivity index (χ0v) is 26.7. The Bertz CT molecular complexity index is 1160. The number of hydrogen-bond donors (Lipinski definition) is 2. The molecule has 0 radical (unpaired) electrons. The molecule has 2 heterocycles. The first-order chi connectivity index (χ1) is 19.0. The van der Waals surface area contributed by atoms with Crippen molar-refractivity contribution in [3.8, 4) is 0 Å². The van der Waals surface area contributed by atoms with Crippen LogP contribution in [0.2, 0.25) is 0 Å². The van der Waals surface area contributed by atoms with Crippen molar-refractivity contribution in [3.05, 3.63) is 11.6 Å². The van der Waals surface area contributed by atoms with Gasteiger partial charge in [-0.3, -0.25) is 0 Å². The first-order valence-electron chi connectivity index (χ1n) is 16.6. The summed E-state index contributed by atoms with van der Waals surface area (Å²) in [5.74, 6) is 1.14. The third-order valence-corrected chi connectivity index (χ3v) is 14.9. The predicted molar refractivity (Wildman–Crippen MR) is 156 cm³/mol. The highest BCUT2D eigenvalue weighted by molar-refractivity contribution is 5.82. The second kappa shape index (κ2) is 8.61. The number of aliphatic hydroxyl groups is 2. The average molecular weight is 571 g/mol. The molecule has 2 aliphatic heterocycles. The van der Waals surface area contributed by atoms with E-state index in [-0.39, 0.29) is 69.0 Å². The molecule has 0 bridgehead atoms. The Morgan fingerprint density at radius 3 is 2.29 bits per heavy atom. The number of rotatable bonds is 4. The van der Waals surface area contributed by atoms with E-state index in [2.05, 4.69) is 41.5 Å². The minimum absolute atomic E-state index is 0.00901. The number of carbonyl (C=O) groups excluding carboxylic acids is 1. The van der Waals surface area contributed by atoms with Gasteiger partial charge < -0.3 is 24.4 Å². The summed E-state index contributed by atoms with van der Waals surface area (Å²) in [4.78, 5) is 12.6. The SMILES string of the molecule is CC(C)=CC(=O)O[C@@H]1CC[C@]2(C)[C@H]3CC[C@]45C[C@]4(CC[C@H]5[C@@H]4C[C@H]([C@@H]5OC5(C)C)OC4O)[C@]3(C)[C@H](O)C[C@H]2C1(C)C. The minimum Gasteiger partial charge on any atom is -0.459 e. The van der Waals surface area contributed by atoms with Gasteiger partial charge in [0.15, 0.2) is 6.29 Å². The molecule has 0 aromatic heterocycles. The summed E-state index contributed by atoms with van der Waals surface area (Å²) in [6.07, 6.45) is 9.92. The highest BCUT2D eigenvalue weighted by Crippen LogP contribution is 2.91. The molecule has 7 aliphatic rings. The Morgan fingerprint density at radius 2 is 1.63 bits per heavy atom. The van der Waals surface area contributed by atoms with Crippen LogP contribution in [0.1, 0.15) is 113 Å². The maximum absolute atomic E-state index is 12.6. The number of fused-ring (bicyclic) bond motifs is 3. The number of allylic oxidation sites excluding steroid dienone is 1. The van der Waals surface area contributed by atoms with Crippen LogP contribution in [-0.2, 0) is 19.0 Å². The van der Waals surface area contributed by atoms with Crippen molar-refractivity contribution in [1.29, 1.82) is 0 Å². The molecule has 5 aliphatic carbocycles. The van der Waals surface area contributed by atoms with Gasteiger partial charge in [0.1, 0.15) is 12.2 Å². The number of epoxide rings is 1. The average Bonchev–Trinajstić information content (AvgIpc) is 3.62. The van der Waals surface area contributed by atoms with Gasteiger partial charge in [-0.1, -0.05) is 33.3 Å². The van der Waals surface area contributed by atoms with Gasteiger partial charge in [-0.05, 0) is 119 Å². The van der Waals surface area contributed by atoms with Crippen molar-refractivity contribution in [2.45, 2.75) is 149 Å². The van der Waals surface area contributed by atoms with Gasteiger partial charge in [0.25, 0.3) is 0 Å². The van der Waals surface area contributed by atoms with Crippen LogP contribution in [0.4, 0.5) is 0 Å². The lowest BCUT2D eigenvalue weighted by molar-refractivity contribution is -0.245. The first kappa shape index (κ1) is 28.8. The van der Waals surface area contributed by atoms with Crippen LogP contribution in [0.5, 0.6) is 0 Å². The Kier molecular flexibility index (Phi) is 6.05. The van der Waals surface area contributed by atoms with Crippen LogP contribution in [-0.4, -0.2) is 52.5 Å². The quantitative estimate of drug-likeness (QED) is 0.239. The van der Waals surface area contributed by atoms with Crippen molar-refractivity contribution in [2.24, 2.45) is 50.7 Å². The molecule has 6 nitrogen and oxygen atoms in total. The molecule has 7 fully saturated rings. The molecular weight excluding hydrogens is 516 g/mol. The molecule has 6 heteroatoms. The molecule has 7 rings (SSSR count). The molecule has 1 unspecified atom stereocenters. The number of esters is 1. The van der Waals surface area contributed by atoms with Gasteiger partial charge in [0, 0.05) is 22.8 Å². The summed E-state index contributed by atoms with van der Waals surface area (Å²) in [7, 11) is 0. The predicted octanol–water partition coefficient (Wildman–Crippen LogP) is 6.18. The second-order valence-electron chi connectivity index (χ2n) is 17.4. The van der Waals surface area contributed by atoms with Gasteiger partial charge in [-0.15, -0.1) is 0 Å². The standard InChI is InChI=1S/C35H54O6/c1-19(2)15-27(37)40-26-11-12-32(7)23-10-13-34-18-35(34,33(23,8)25(36)17-24(32)30(26,3)4)14-9-21(34)20-16-22(39-29(20)38)28-31(5,6)41-28/h15,20-26,28-29,36,38H,9-14,16-18H2,1-8H3/t20-,21-,22+,23+,24-,25+,26+,28-,29?,32+,33-,34+,35+/m0/s1. The van der Waals surface area contributed by atoms with Crippen LogP contribution >= 0.6 is 0 Å². The van der Waals surface area contributed by atoms with Gasteiger partial charge in [0.2, 0.25) is 0 Å². The normalized spacial score (nSPS) is 55.6. The summed E-state index contributed by atoms with van der Waals surface area (Å²) in [5.41, 5.74) is 0.972. The summed E-state index contributed by atoms with van der Waals surface area (Å²) >= 11 is 0. The molecular formula is C35H54O6. The van der Waals surface area contributed by atoms with Crippen LogP contribution in [0, 0.1) is 50.7 Å². The van der Waals surface area contributed by atoms with Gasteiger partial charge in [-0.25, -0.2) is 4.79 Å². The monoisotopic (exact) mass is 570 g/mol. The van der Waals surface area contributed by atoms with E-state index >= 15 is 0 Å². The molecule has 0 aromatic rings. The maximum Gasteiger partial charge on any atom is 0.330 e. The third kappa shape index (κ3) is 3.60. The number of ether oxygens (including phenoxy) is 3. The zero-order chi connectivity index (χ0) is 29.5. The molecule has 230 valence electrons. The highest BCUT2D eigenvalue weighted by atomic mass is 16.7. The smallest absolute Gasteiger partial charge is 0.330 e. The number of hydrogen-bond acceptors (Lipinski definition) is 6. The molecule has 13 atom stereocenters. The summed E-state index contributed by atoms with van der Waals surface area (Å²) in [6, 6.07) is 0. The van der Waals surface area contributed by atoms with E-state index in [1.54, 1.807) is 6.08 Å². The Balaban J connectivity index is 1.14. The Hall–Kier alpha value is -0.950. The van der Waals surface area contributed by atoms with Crippen molar-refractivity contribution >= 4 is 5.97 Å². The molecule has 0 spiro atoms. The fourth-order valence-corrected chi connectivity index (χ4v) is 13.0. The maximum atomic E-state index is 12.6. The van der Waals surface area contributed by atoms with E-state index in [9.17, 15) is 15.0 Å². The molecule has 2 saturated heterocycles. The molecule has 0 aromatic carbocycles. The van der Waals surface area contributed by atoms with Crippen molar-refractivity contribution in [3.63, 3.8) is 0 Å². The summed E-state index contributed by atoms with van der Waals surface area (Å²) < 4.78 is 18.1. The Morgan fingerprint density at radius 1 is 0.927 bits per heavy atom. The van der Waals surface area contributed by atoms with E-state index in [1.165, 1.54) is 12.8 Å². The van der Waals surface area contributed by atoms with Crippen LogP contribution in [0.3, 0.4) is 0 Å². The van der Waals surface area contributed by atoms with Crippen LogP contribution < -0.4 is 0 Å². The van der Waals surface area contributed by atoms with Crippen LogP contribution in [0.25, 0.3) is 0 Å². The van der Waals surface area contributed by atoms with Crippen molar-refractivity contribution < 1.29 is 29.2 Å². The summed E-state index contributed by atoms with van der Waals surface area (Å²) in [5, 5.41) is 23.4. The minimum atomic E-state index is -0.704. The molecule has 2 N–H and O–H groups in total. The van der Waals surface area contributed by atoms with E-state index in [0.29, 0.717) is 17.8 Å². The lowest BCUT2D eigenvalue weighted by atomic mass is 9.37. The second-order valence-corrected chi connectivity index (χ2v) is 17.4. The molecule has 41 heavy (non-hydrogen) atoms. The largest absolute Gasteiger partial charge is 0.459 e. The summed E-state index contributed by atoms with van der Waals surface area (Å²) in [6.45, 7) is 17.6. The topological polar surface area (TPSA) is 88.5 Å². The molecule has 5 saturated carbocycles. The number of aliphatic hydroxyl groups excluding tert-OH is 2. The van der Waals surface area contributed by atoms with Crippen LogP contribution in [0.15, 0.2) is 11.6 Å². The molecule has 0 amide bonds. The van der Waals surface area contributed by atoms with Crippen molar-refractivity contribution in [1.82, 2.24) is 0 Å². The van der Waals surface area contributed by atoms with Gasteiger partial charge in [0.05, 0.1) is 17.8 Å². The zero-order valence-electron chi connectivity index (χ0n) is 26.7. The third-order valence-electron chi connectivity index (χ3n) is 14.9. The fraction of sp³-hybridized carbons (Fsp3) is 0.914.